The van der Waals surface area contributed by atoms with Gasteiger partial charge in [-0.15, -0.1) is 12.4 Å². The molecule has 1 N–H and O–H groups in total. The second kappa shape index (κ2) is 10.3. The van der Waals surface area contributed by atoms with Crippen molar-refractivity contribution in [1.29, 1.82) is 0 Å². The van der Waals surface area contributed by atoms with Crippen molar-refractivity contribution in [3.8, 4) is 0 Å². The molecule has 0 bridgehead atoms. The van der Waals surface area contributed by atoms with E-state index in [9.17, 15) is 9.90 Å². The van der Waals surface area contributed by atoms with E-state index in [4.69, 9.17) is 4.74 Å². The molecule has 1 unspecified atom stereocenters. The number of esters is 1. The molecule has 5 rings (SSSR count). The van der Waals surface area contributed by atoms with Gasteiger partial charge < -0.3 is 14.7 Å². The number of hydrogen-bond acceptors (Lipinski definition) is 4. The van der Waals surface area contributed by atoms with Gasteiger partial charge in [0.15, 0.2) is 0 Å². The molecule has 4 saturated carbocycles. The molecule has 5 heteroatoms. The van der Waals surface area contributed by atoms with E-state index in [1.54, 1.807) is 5.57 Å². The molecule has 0 heterocycles. The Labute approximate surface area is 245 Å². The minimum absolute atomic E-state index is 0. The summed E-state index contributed by atoms with van der Waals surface area (Å²) in [6.45, 7) is 18.6. The smallest absolute Gasteiger partial charge is 0.312 e. The number of hydrogen-bond donors (Lipinski definition) is 1. The average Bonchev–Trinajstić information content (AvgIpc) is 2.84. The molecule has 0 aromatic rings. The molecule has 0 radical (unpaired) electrons. The number of likely N-dealkylation sites (N-methyl/N-ethyl adjacent to an activating group) is 1. The molecule has 224 valence electrons. The minimum atomic E-state index is -0.356. The Morgan fingerprint density at radius 1 is 0.974 bits per heavy atom. The Kier molecular flexibility index (Phi) is 8.28. The summed E-state index contributed by atoms with van der Waals surface area (Å²) in [5.41, 5.74) is 1.83. The number of nitrogens with zero attached hydrogens (tertiary/aromatic N) is 1. The first-order chi connectivity index (χ1) is 17.6. The fraction of sp³-hybridized carbons (Fsp3) is 0.912. The van der Waals surface area contributed by atoms with Crippen LogP contribution in [0, 0.1) is 56.7 Å². The third kappa shape index (κ3) is 4.31. The fourth-order valence-corrected chi connectivity index (χ4v) is 11.3. The lowest BCUT2D eigenvalue weighted by molar-refractivity contribution is -0.207. The summed E-state index contributed by atoms with van der Waals surface area (Å²) in [6, 6.07) is 0. The highest BCUT2D eigenvalue weighted by atomic mass is 35.5. The van der Waals surface area contributed by atoms with Gasteiger partial charge in [-0.05, 0) is 123 Å². The average molecular weight is 564 g/mol. The maximum atomic E-state index is 14.0. The van der Waals surface area contributed by atoms with Crippen molar-refractivity contribution in [3.05, 3.63) is 11.6 Å². The fourth-order valence-electron chi connectivity index (χ4n) is 11.3. The number of fused-ring (bicyclic) bond motifs is 7. The zero-order chi connectivity index (χ0) is 27.9. The first kappa shape index (κ1) is 31.4. The van der Waals surface area contributed by atoms with E-state index in [1.807, 2.05) is 14.1 Å². The molecule has 0 aliphatic heterocycles. The molecule has 0 saturated heterocycles. The lowest BCUT2D eigenvalue weighted by Crippen LogP contribution is -2.65. The number of rotatable bonds is 4. The van der Waals surface area contributed by atoms with Gasteiger partial charge in [0.1, 0.15) is 6.61 Å². The summed E-state index contributed by atoms with van der Waals surface area (Å²) < 4.78 is 6.07. The van der Waals surface area contributed by atoms with Gasteiger partial charge in [-0.2, -0.15) is 0 Å². The predicted octanol–water partition coefficient (Wildman–Crippen LogP) is 7.53. The predicted molar refractivity (Wildman–Crippen MR) is 162 cm³/mol. The largest absolute Gasteiger partial charge is 0.464 e. The number of halogens is 1. The number of allylic oxidation sites excluding steroid dienone is 2. The molecule has 39 heavy (non-hydrogen) atoms. The van der Waals surface area contributed by atoms with Gasteiger partial charge >= 0.3 is 5.97 Å². The molecule has 4 fully saturated rings. The van der Waals surface area contributed by atoms with Gasteiger partial charge in [-0.25, -0.2) is 0 Å². The number of ether oxygens (including phenoxy) is 1. The van der Waals surface area contributed by atoms with E-state index in [-0.39, 0.29) is 51.6 Å². The maximum absolute atomic E-state index is 14.0. The number of aliphatic hydroxyl groups excluding tert-OH is 1. The van der Waals surface area contributed by atoms with Crippen LogP contribution >= 0.6 is 12.4 Å². The summed E-state index contributed by atoms with van der Waals surface area (Å²) in [6.07, 6.45) is 12.3. The second-order valence-electron chi connectivity index (χ2n) is 16.1. The van der Waals surface area contributed by atoms with E-state index in [2.05, 4.69) is 59.4 Å². The van der Waals surface area contributed by atoms with Crippen molar-refractivity contribution in [2.24, 2.45) is 56.7 Å². The van der Waals surface area contributed by atoms with Crippen LogP contribution in [0.3, 0.4) is 0 Å². The zero-order valence-corrected chi connectivity index (χ0v) is 27.3. The van der Waals surface area contributed by atoms with Gasteiger partial charge in [0.05, 0.1) is 11.5 Å². The molecule has 0 aromatic carbocycles. The first-order valence-electron chi connectivity index (χ1n) is 15.9. The molecule has 0 amide bonds. The highest BCUT2D eigenvalue weighted by Gasteiger charge is 2.69. The lowest BCUT2D eigenvalue weighted by Gasteiger charge is -2.71. The van der Waals surface area contributed by atoms with Gasteiger partial charge in [0.2, 0.25) is 0 Å². The SMILES string of the molecule is C[C@H]1[C@H](C)CC[C@]2(C(=O)OCCN(C)C)CC[C@]3(C)C(=CC[C@@H]4[C@@]5(C)CC[C@H](O)C(C)(C)C5CC[C@]43C)[C@@H]12.Cl. The Bertz CT molecular complexity index is 977. The van der Waals surface area contributed by atoms with Crippen molar-refractivity contribution in [1.82, 2.24) is 4.90 Å². The summed E-state index contributed by atoms with van der Waals surface area (Å²) in [5, 5.41) is 11.0. The van der Waals surface area contributed by atoms with Gasteiger partial charge in [0, 0.05) is 6.54 Å². The van der Waals surface area contributed by atoms with E-state index in [1.165, 1.54) is 12.8 Å². The molecular weight excluding hydrogens is 506 g/mol. The van der Waals surface area contributed by atoms with Crippen LogP contribution in [-0.4, -0.2) is 49.3 Å². The van der Waals surface area contributed by atoms with Gasteiger partial charge in [0.25, 0.3) is 0 Å². The molecular formula is C34H58ClNO3. The molecule has 0 spiro atoms. The quantitative estimate of drug-likeness (QED) is 0.283. The van der Waals surface area contributed by atoms with Gasteiger partial charge in [-0.3, -0.25) is 4.79 Å². The summed E-state index contributed by atoms with van der Waals surface area (Å²) in [5.74, 6) is 2.70. The van der Waals surface area contributed by atoms with Crippen molar-refractivity contribution in [2.45, 2.75) is 112 Å². The van der Waals surface area contributed by atoms with Crippen molar-refractivity contribution < 1.29 is 14.6 Å². The van der Waals surface area contributed by atoms with Gasteiger partial charge in [-0.1, -0.05) is 60.1 Å². The third-order valence-electron chi connectivity index (χ3n) is 14.1. The highest BCUT2D eigenvalue weighted by Crippen LogP contribution is 2.75. The Balaban J connectivity index is 0.00000353. The van der Waals surface area contributed by atoms with Crippen LogP contribution < -0.4 is 0 Å². The second-order valence-corrected chi connectivity index (χ2v) is 16.1. The zero-order valence-electron chi connectivity index (χ0n) is 26.4. The topological polar surface area (TPSA) is 49.8 Å². The van der Waals surface area contributed by atoms with E-state index >= 15 is 0 Å². The minimum Gasteiger partial charge on any atom is -0.464 e. The van der Waals surface area contributed by atoms with E-state index in [0.717, 1.165) is 51.5 Å². The van der Waals surface area contributed by atoms with Crippen LogP contribution in [0.25, 0.3) is 0 Å². The van der Waals surface area contributed by atoms with Crippen LogP contribution in [0.1, 0.15) is 106 Å². The normalized spacial score (nSPS) is 48.4. The Hall–Kier alpha value is -0.580. The maximum Gasteiger partial charge on any atom is 0.312 e. The van der Waals surface area contributed by atoms with Crippen molar-refractivity contribution in [3.63, 3.8) is 0 Å². The van der Waals surface area contributed by atoms with Crippen LogP contribution in [0.4, 0.5) is 0 Å². The number of aliphatic hydroxyl groups is 1. The van der Waals surface area contributed by atoms with Crippen LogP contribution in [0.2, 0.25) is 0 Å². The van der Waals surface area contributed by atoms with Crippen LogP contribution in [0.15, 0.2) is 11.6 Å². The van der Waals surface area contributed by atoms with Crippen LogP contribution in [0.5, 0.6) is 0 Å². The Morgan fingerprint density at radius 2 is 1.67 bits per heavy atom. The monoisotopic (exact) mass is 563 g/mol. The molecule has 4 nitrogen and oxygen atoms in total. The standard InChI is InChI=1S/C34H57NO3.ClH/c1-22-12-17-34(29(37)38-21-20-35(8)9)19-18-32(6)24(28(34)23(22)2)10-11-26-31(5)15-14-27(36)30(3,4)25(31)13-16-33(26,32)7;/h10,22-23,25-28,36H,11-21H2,1-9H3;1H/t22-,23+,25?,26-,27+,28-,31+,32-,33-,34+;/m1./s1. The summed E-state index contributed by atoms with van der Waals surface area (Å²) in [7, 11) is 4.08. The van der Waals surface area contributed by atoms with Crippen molar-refractivity contribution >= 4 is 18.4 Å². The van der Waals surface area contributed by atoms with Crippen molar-refractivity contribution in [2.75, 3.05) is 27.2 Å². The molecule has 0 aromatic heterocycles. The Morgan fingerprint density at radius 3 is 2.33 bits per heavy atom. The first-order valence-corrected chi connectivity index (χ1v) is 15.9. The third-order valence-corrected chi connectivity index (χ3v) is 14.1. The van der Waals surface area contributed by atoms with E-state index in [0.29, 0.717) is 36.2 Å². The number of carbonyl (C=O) groups is 1. The molecule has 5 aliphatic carbocycles. The summed E-state index contributed by atoms with van der Waals surface area (Å²) >= 11 is 0. The highest BCUT2D eigenvalue weighted by molar-refractivity contribution is 5.85. The van der Waals surface area contributed by atoms with E-state index < -0.39 is 0 Å². The summed E-state index contributed by atoms with van der Waals surface area (Å²) in [4.78, 5) is 16.1. The lowest BCUT2D eigenvalue weighted by atomic mass is 9.33. The van der Waals surface area contributed by atoms with Crippen LogP contribution in [-0.2, 0) is 9.53 Å². The number of carbonyl (C=O) groups excluding carboxylic acids is 1. The molecule has 5 aliphatic rings. The molecule has 10 atom stereocenters.